The number of hydrogen-bond donors (Lipinski definition) is 0. The quantitative estimate of drug-likeness (QED) is 0.443. The van der Waals surface area contributed by atoms with Gasteiger partial charge in [-0.05, 0) is 46.7 Å². The van der Waals surface area contributed by atoms with E-state index < -0.39 is 0 Å². The van der Waals surface area contributed by atoms with E-state index in [1.54, 1.807) is 0 Å². The molecule has 0 aliphatic carbocycles. The van der Waals surface area contributed by atoms with Crippen LogP contribution in [-0.4, -0.2) is 37.6 Å². The highest BCUT2D eigenvalue weighted by atomic mass is 16.5. The van der Waals surface area contributed by atoms with E-state index in [9.17, 15) is 4.79 Å². The first-order chi connectivity index (χ1) is 8.44. The summed E-state index contributed by atoms with van der Waals surface area (Å²) < 4.78 is 5.31. The summed E-state index contributed by atoms with van der Waals surface area (Å²) in [5.41, 5.74) is -0.340. The van der Waals surface area contributed by atoms with Crippen LogP contribution in [0.25, 0.3) is 0 Å². The monoisotopic (exact) mass is 257 g/mol. The highest BCUT2D eigenvalue weighted by Gasteiger charge is 2.26. The van der Waals surface area contributed by atoms with Crippen molar-refractivity contribution in [2.24, 2.45) is 5.41 Å². The van der Waals surface area contributed by atoms with E-state index in [0.29, 0.717) is 6.61 Å². The van der Waals surface area contributed by atoms with Gasteiger partial charge in [0.25, 0.3) is 0 Å². The Labute approximate surface area is 113 Å². The Morgan fingerprint density at radius 1 is 1.11 bits per heavy atom. The summed E-state index contributed by atoms with van der Waals surface area (Å²) in [5.74, 6) is -0.0707. The Kier molecular flexibility index (Phi) is 9.08. The van der Waals surface area contributed by atoms with Crippen LogP contribution in [0, 0.1) is 5.41 Å². The van der Waals surface area contributed by atoms with Gasteiger partial charge < -0.3 is 9.64 Å². The topological polar surface area (TPSA) is 29.5 Å². The first kappa shape index (κ1) is 17.4. The standard InChI is InChI=1S/C15H31NO2/c1-6-8-9-11-16(5)12-10-13-18-14(17)15(3,4)7-2/h6-13H2,1-5H3. The Bertz CT molecular complexity index is 227. The van der Waals surface area contributed by atoms with Crippen molar-refractivity contribution in [1.29, 1.82) is 0 Å². The van der Waals surface area contributed by atoms with Gasteiger partial charge >= 0.3 is 5.97 Å². The van der Waals surface area contributed by atoms with E-state index in [-0.39, 0.29) is 11.4 Å². The molecule has 0 aliphatic rings. The highest BCUT2D eigenvalue weighted by molar-refractivity contribution is 5.75. The van der Waals surface area contributed by atoms with Gasteiger partial charge in [0.2, 0.25) is 0 Å². The van der Waals surface area contributed by atoms with Crippen LogP contribution in [0.5, 0.6) is 0 Å². The molecule has 3 heteroatoms. The number of unbranched alkanes of at least 4 members (excludes halogenated alkanes) is 2. The molecule has 0 aromatic carbocycles. The molecule has 18 heavy (non-hydrogen) atoms. The molecule has 0 atom stereocenters. The zero-order valence-corrected chi connectivity index (χ0v) is 12.9. The van der Waals surface area contributed by atoms with Crippen molar-refractivity contribution >= 4 is 5.97 Å². The highest BCUT2D eigenvalue weighted by Crippen LogP contribution is 2.21. The van der Waals surface area contributed by atoms with Gasteiger partial charge in [-0.2, -0.15) is 0 Å². The second kappa shape index (κ2) is 9.37. The minimum atomic E-state index is -0.340. The predicted octanol–water partition coefficient (Wildman–Crippen LogP) is 3.48. The zero-order valence-electron chi connectivity index (χ0n) is 12.9. The third kappa shape index (κ3) is 7.70. The first-order valence-electron chi connectivity index (χ1n) is 7.29. The average molecular weight is 257 g/mol. The molecule has 0 radical (unpaired) electrons. The van der Waals surface area contributed by atoms with Gasteiger partial charge in [-0.15, -0.1) is 0 Å². The largest absolute Gasteiger partial charge is 0.465 e. The van der Waals surface area contributed by atoms with Crippen molar-refractivity contribution in [3.05, 3.63) is 0 Å². The number of esters is 1. The van der Waals surface area contributed by atoms with Crippen molar-refractivity contribution in [2.45, 2.75) is 59.8 Å². The number of carbonyl (C=O) groups excluding carboxylic acids is 1. The molecule has 0 bridgehead atoms. The molecular formula is C15H31NO2. The molecule has 0 aromatic rings. The van der Waals surface area contributed by atoms with Crippen LogP contribution in [0.2, 0.25) is 0 Å². The molecule has 0 fully saturated rings. The lowest BCUT2D eigenvalue weighted by Crippen LogP contribution is -2.27. The van der Waals surface area contributed by atoms with Crippen molar-refractivity contribution < 1.29 is 9.53 Å². The summed E-state index contributed by atoms with van der Waals surface area (Å²) in [4.78, 5) is 14.0. The van der Waals surface area contributed by atoms with Crippen LogP contribution in [0.3, 0.4) is 0 Å². The van der Waals surface area contributed by atoms with Gasteiger partial charge in [-0.3, -0.25) is 4.79 Å². The van der Waals surface area contributed by atoms with E-state index in [1.807, 2.05) is 20.8 Å². The molecule has 3 nitrogen and oxygen atoms in total. The third-order valence-corrected chi connectivity index (χ3v) is 3.50. The van der Waals surface area contributed by atoms with E-state index in [4.69, 9.17) is 4.74 Å². The Morgan fingerprint density at radius 3 is 2.28 bits per heavy atom. The summed E-state index contributed by atoms with van der Waals surface area (Å²) in [6.45, 7) is 10.8. The lowest BCUT2D eigenvalue weighted by molar-refractivity contribution is -0.154. The van der Waals surface area contributed by atoms with Gasteiger partial charge in [0, 0.05) is 6.54 Å². The number of ether oxygens (including phenoxy) is 1. The second-order valence-electron chi connectivity index (χ2n) is 5.74. The fourth-order valence-electron chi connectivity index (χ4n) is 1.58. The predicted molar refractivity (Wildman–Crippen MR) is 76.7 cm³/mol. The number of rotatable bonds is 10. The van der Waals surface area contributed by atoms with Crippen LogP contribution >= 0.6 is 0 Å². The second-order valence-corrected chi connectivity index (χ2v) is 5.74. The first-order valence-corrected chi connectivity index (χ1v) is 7.29. The van der Waals surface area contributed by atoms with Crippen molar-refractivity contribution in [3.8, 4) is 0 Å². The maximum atomic E-state index is 11.7. The van der Waals surface area contributed by atoms with Crippen LogP contribution in [0.4, 0.5) is 0 Å². The normalized spacial score (nSPS) is 11.9. The minimum Gasteiger partial charge on any atom is -0.465 e. The van der Waals surface area contributed by atoms with Gasteiger partial charge in [0.1, 0.15) is 0 Å². The Balaban J connectivity index is 3.58. The molecular weight excluding hydrogens is 226 g/mol. The minimum absolute atomic E-state index is 0.0707. The fourth-order valence-corrected chi connectivity index (χ4v) is 1.58. The van der Waals surface area contributed by atoms with Gasteiger partial charge in [-0.25, -0.2) is 0 Å². The SMILES string of the molecule is CCCCCN(C)CCCOC(=O)C(C)(C)CC. The zero-order chi connectivity index (χ0) is 14.0. The molecule has 0 saturated heterocycles. The van der Waals surface area contributed by atoms with E-state index in [1.165, 1.54) is 19.3 Å². The van der Waals surface area contributed by atoms with E-state index in [2.05, 4.69) is 18.9 Å². The molecule has 0 rings (SSSR count). The van der Waals surface area contributed by atoms with Crippen LogP contribution in [-0.2, 0) is 9.53 Å². The van der Waals surface area contributed by atoms with Gasteiger partial charge in [0.05, 0.1) is 12.0 Å². The van der Waals surface area contributed by atoms with Crippen LogP contribution in [0.15, 0.2) is 0 Å². The molecule has 0 unspecified atom stereocenters. The van der Waals surface area contributed by atoms with Crippen molar-refractivity contribution in [3.63, 3.8) is 0 Å². The molecule has 0 saturated carbocycles. The van der Waals surface area contributed by atoms with Crippen molar-refractivity contribution in [2.75, 3.05) is 26.7 Å². The smallest absolute Gasteiger partial charge is 0.311 e. The fraction of sp³-hybridized carbons (Fsp3) is 0.933. The summed E-state index contributed by atoms with van der Waals surface area (Å²) in [6.07, 6.45) is 5.56. The third-order valence-electron chi connectivity index (χ3n) is 3.50. The Morgan fingerprint density at radius 2 is 1.72 bits per heavy atom. The number of nitrogens with zero attached hydrogens (tertiary/aromatic N) is 1. The van der Waals surface area contributed by atoms with E-state index >= 15 is 0 Å². The molecule has 108 valence electrons. The number of carbonyl (C=O) groups is 1. The molecule has 0 spiro atoms. The van der Waals surface area contributed by atoms with Crippen LogP contribution in [0.1, 0.15) is 59.8 Å². The molecule has 0 aliphatic heterocycles. The lowest BCUT2D eigenvalue weighted by atomic mass is 9.91. The summed E-state index contributed by atoms with van der Waals surface area (Å²) in [7, 11) is 2.13. The molecule has 0 aromatic heterocycles. The lowest BCUT2D eigenvalue weighted by Gasteiger charge is -2.21. The van der Waals surface area contributed by atoms with E-state index in [0.717, 1.165) is 25.9 Å². The molecule has 0 N–H and O–H groups in total. The van der Waals surface area contributed by atoms with Gasteiger partial charge in [-0.1, -0.05) is 26.7 Å². The summed E-state index contributed by atoms with van der Waals surface area (Å²) in [5, 5.41) is 0. The average Bonchev–Trinajstić information content (AvgIpc) is 2.34. The van der Waals surface area contributed by atoms with Gasteiger partial charge in [0.15, 0.2) is 0 Å². The summed E-state index contributed by atoms with van der Waals surface area (Å²) in [6, 6.07) is 0. The maximum Gasteiger partial charge on any atom is 0.311 e. The summed E-state index contributed by atoms with van der Waals surface area (Å²) >= 11 is 0. The molecule has 0 amide bonds. The molecule has 0 heterocycles. The Hall–Kier alpha value is -0.570. The van der Waals surface area contributed by atoms with Crippen LogP contribution < -0.4 is 0 Å². The number of hydrogen-bond acceptors (Lipinski definition) is 3. The van der Waals surface area contributed by atoms with Crippen molar-refractivity contribution in [1.82, 2.24) is 4.90 Å². The maximum absolute atomic E-state index is 11.7.